The molecule has 2 heterocycles. The van der Waals surface area contributed by atoms with Crippen molar-refractivity contribution in [1.29, 1.82) is 0 Å². The smallest absolute Gasteiger partial charge is 0.326 e. The number of benzene rings is 2. The average Bonchev–Trinajstić information content (AvgIpc) is 3.37. The fourth-order valence-corrected chi connectivity index (χ4v) is 8.96. The summed E-state index contributed by atoms with van der Waals surface area (Å²) in [7, 11) is 0. The van der Waals surface area contributed by atoms with Crippen LogP contribution in [0.1, 0.15) is 59.2 Å². The molecule has 0 spiro atoms. The normalized spacial score (nSPS) is 15.7. The highest BCUT2D eigenvalue weighted by atomic mass is 79.9. The van der Waals surface area contributed by atoms with E-state index in [2.05, 4.69) is 42.2 Å². The van der Waals surface area contributed by atoms with E-state index in [1.54, 1.807) is 41.4 Å². The third-order valence-corrected chi connectivity index (χ3v) is 13.2. The first-order valence-electron chi connectivity index (χ1n) is 24.9. The molecule has 0 saturated carbocycles. The standard InChI is InChI=1S/C50H69BrN14O12S/c51-40-14-8-34(25-56-40)26-65(16-2-1-3-38(47(73)74)59-49(77)60-39(48(75)76)13-15-45(70)71)46(72)35-9-4-33(5-10-35)24-57-50(78)58-36-11-6-32(7-12-36)23-37-27-63(30-43(54)68)20-19-61(28-41(52)66)17-18-62(29-42(53)67)21-22-64(37)31-44(55)69/h4-12,14,25,37-39H,1-3,13,15-24,26-31H2,(H2,52,66)(H2,53,67)(H2,54,68)(H2,55,69)(H,70,71)(H,73,74)(H,75,76)(H2,57,58,78)(H2,59,60,77)/t37?,38-,39-/m1/s1. The van der Waals surface area contributed by atoms with Crippen molar-refractivity contribution in [3.8, 4) is 0 Å². The van der Waals surface area contributed by atoms with Gasteiger partial charge in [0.1, 0.15) is 16.7 Å². The largest absolute Gasteiger partial charge is 0.481 e. The van der Waals surface area contributed by atoms with E-state index in [1.165, 1.54) is 0 Å². The van der Waals surface area contributed by atoms with Gasteiger partial charge in [-0.15, -0.1) is 0 Å². The molecule has 3 aromatic rings. The van der Waals surface area contributed by atoms with Crippen molar-refractivity contribution < 1.29 is 58.5 Å². The third kappa shape index (κ3) is 23.9. The van der Waals surface area contributed by atoms with Crippen LogP contribution in [0.4, 0.5) is 10.5 Å². The highest BCUT2D eigenvalue weighted by Gasteiger charge is 2.28. The molecular formula is C50H69BrN14O12S. The third-order valence-electron chi connectivity index (χ3n) is 12.5. The number of halogens is 1. The maximum atomic E-state index is 14.0. The first-order valence-corrected chi connectivity index (χ1v) is 26.1. The number of nitrogens with two attached hydrogens (primary N) is 4. The summed E-state index contributed by atoms with van der Waals surface area (Å²) >= 11 is 8.93. The van der Waals surface area contributed by atoms with Gasteiger partial charge in [0.05, 0.1) is 26.2 Å². The molecule has 1 aliphatic heterocycles. The molecule has 0 bridgehead atoms. The number of carboxylic acid groups (broad SMARTS) is 3. The van der Waals surface area contributed by atoms with Crippen molar-refractivity contribution in [1.82, 2.24) is 45.4 Å². The first-order chi connectivity index (χ1) is 37.0. The van der Waals surface area contributed by atoms with Crippen molar-refractivity contribution in [2.45, 2.75) is 69.7 Å². The van der Waals surface area contributed by atoms with E-state index >= 15 is 0 Å². The van der Waals surface area contributed by atoms with Gasteiger partial charge in [0, 0.05) is 95.4 Å². The van der Waals surface area contributed by atoms with E-state index in [1.807, 2.05) is 49.9 Å². The second-order valence-corrected chi connectivity index (χ2v) is 19.9. The van der Waals surface area contributed by atoms with Crippen molar-refractivity contribution in [3.63, 3.8) is 0 Å². The minimum Gasteiger partial charge on any atom is -0.481 e. The van der Waals surface area contributed by atoms with Crippen molar-refractivity contribution >= 4 is 92.4 Å². The molecule has 4 rings (SSSR count). The number of aromatic nitrogens is 1. The molecule has 0 radical (unpaired) electrons. The Morgan fingerprint density at radius 3 is 1.73 bits per heavy atom. The van der Waals surface area contributed by atoms with Crippen LogP contribution in [-0.4, -0.2) is 200 Å². The Morgan fingerprint density at radius 1 is 0.667 bits per heavy atom. The number of thiocarbonyl (C=S) groups is 1. The van der Waals surface area contributed by atoms with Gasteiger partial charge >= 0.3 is 23.9 Å². The van der Waals surface area contributed by atoms with Crippen LogP contribution in [0.3, 0.4) is 0 Å². The summed E-state index contributed by atoms with van der Waals surface area (Å²) in [6.45, 7) is 2.92. The first kappa shape index (κ1) is 63.2. The Hall–Kier alpha value is -7.37. The molecule has 3 atom stereocenters. The molecule has 1 saturated heterocycles. The number of hydrogen-bond donors (Lipinski definition) is 11. The van der Waals surface area contributed by atoms with Gasteiger partial charge in [-0.3, -0.25) is 48.4 Å². The summed E-state index contributed by atoms with van der Waals surface area (Å²) < 4.78 is 0.603. The number of carbonyl (C=O) groups is 9. The molecule has 1 aromatic heterocycles. The predicted molar refractivity (Wildman–Crippen MR) is 293 cm³/mol. The number of carboxylic acids is 3. The molecule has 15 N–H and O–H groups in total. The quantitative estimate of drug-likeness (QED) is 0.0243. The van der Waals surface area contributed by atoms with Gasteiger partial charge in [-0.25, -0.2) is 19.4 Å². The van der Waals surface area contributed by atoms with Crippen LogP contribution in [0.15, 0.2) is 71.5 Å². The van der Waals surface area contributed by atoms with E-state index in [-0.39, 0.29) is 64.1 Å². The molecule has 78 heavy (non-hydrogen) atoms. The minimum absolute atomic E-state index is 0.0312. The lowest BCUT2D eigenvalue weighted by Gasteiger charge is -2.38. The number of aliphatic carboxylic acids is 3. The Kier molecular flexibility index (Phi) is 26.2. The van der Waals surface area contributed by atoms with Gasteiger partial charge in [-0.1, -0.05) is 30.3 Å². The molecule has 0 aliphatic carbocycles. The zero-order valence-corrected chi connectivity index (χ0v) is 45.4. The number of nitrogens with one attached hydrogen (secondary N) is 4. The van der Waals surface area contributed by atoms with E-state index in [0.29, 0.717) is 86.2 Å². The van der Waals surface area contributed by atoms with Crippen molar-refractivity contribution in [2.75, 3.05) is 83.9 Å². The molecular weight excluding hydrogens is 1100 g/mol. The molecule has 424 valence electrons. The topological polar surface area (TPSA) is 396 Å². The molecule has 7 amide bonds. The zero-order valence-electron chi connectivity index (χ0n) is 43.0. The Morgan fingerprint density at radius 2 is 1.19 bits per heavy atom. The van der Waals surface area contributed by atoms with Crippen LogP contribution in [0.25, 0.3) is 0 Å². The summed E-state index contributed by atoms with van der Waals surface area (Å²) in [4.78, 5) is 123. The molecule has 28 heteroatoms. The summed E-state index contributed by atoms with van der Waals surface area (Å²) in [5.74, 6) is -6.57. The summed E-state index contributed by atoms with van der Waals surface area (Å²) in [5.41, 5.74) is 26.0. The van der Waals surface area contributed by atoms with Crippen molar-refractivity contribution in [2.24, 2.45) is 22.9 Å². The summed E-state index contributed by atoms with van der Waals surface area (Å²) in [6, 6.07) is 13.6. The van der Waals surface area contributed by atoms with Gasteiger partial charge in [-0.05, 0) is 107 Å². The van der Waals surface area contributed by atoms with Gasteiger partial charge < -0.3 is 64.4 Å². The highest BCUT2D eigenvalue weighted by molar-refractivity contribution is 9.10. The van der Waals surface area contributed by atoms with Gasteiger partial charge in [0.2, 0.25) is 23.6 Å². The molecule has 1 aliphatic rings. The Bertz CT molecular complexity index is 2550. The Balaban J connectivity index is 1.38. The van der Waals surface area contributed by atoms with E-state index < -0.39 is 72.5 Å². The number of amides is 7. The summed E-state index contributed by atoms with van der Waals surface area (Å²) in [6.07, 6.45) is 1.66. The molecule has 2 aromatic carbocycles. The lowest BCUT2D eigenvalue weighted by molar-refractivity contribution is -0.141. The molecule has 1 fully saturated rings. The van der Waals surface area contributed by atoms with Crippen LogP contribution in [0, 0.1) is 0 Å². The van der Waals surface area contributed by atoms with Crippen LogP contribution >= 0.6 is 28.1 Å². The van der Waals surface area contributed by atoms with Gasteiger partial charge in [0.15, 0.2) is 5.11 Å². The second kappa shape index (κ2) is 32.4. The highest BCUT2D eigenvalue weighted by Crippen LogP contribution is 2.18. The maximum Gasteiger partial charge on any atom is 0.326 e. The minimum atomic E-state index is -1.54. The monoisotopic (exact) mass is 1170 g/mol. The Labute approximate surface area is 464 Å². The fourth-order valence-electron chi connectivity index (χ4n) is 8.54. The van der Waals surface area contributed by atoms with E-state index in [0.717, 1.165) is 16.7 Å². The van der Waals surface area contributed by atoms with Crippen LogP contribution in [-0.2, 0) is 53.1 Å². The number of rotatable bonds is 28. The fraction of sp³-hybridized carbons (Fsp3) is 0.460. The van der Waals surface area contributed by atoms with Gasteiger partial charge in [-0.2, -0.15) is 0 Å². The van der Waals surface area contributed by atoms with E-state index in [4.69, 9.17) is 40.3 Å². The van der Waals surface area contributed by atoms with Crippen LogP contribution in [0.5, 0.6) is 0 Å². The SMILES string of the molecule is NC(=O)CN1CCN(CC(N)=O)CCN(CC(N)=O)C(Cc2ccc(NC(=S)NCc3ccc(C(=O)N(CCCC[C@@H](NC(=O)N[C@H](CCC(=O)O)C(=O)O)C(=O)O)Cc4ccc(Br)nc4)cc3)cc2)CN(CC(N)=O)CC1. The van der Waals surface area contributed by atoms with Crippen LogP contribution < -0.4 is 44.2 Å². The molecule has 1 unspecified atom stereocenters. The average molecular weight is 1170 g/mol. The molecule has 26 nitrogen and oxygen atoms in total. The number of anilines is 1. The number of urea groups is 1. The number of unbranched alkanes of at least 4 members (excludes halogenated alkanes) is 1. The van der Waals surface area contributed by atoms with Gasteiger partial charge in [0.25, 0.3) is 5.91 Å². The number of pyridine rings is 1. The van der Waals surface area contributed by atoms with E-state index in [9.17, 15) is 53.4 Å². The number of nitrogens with zero attached hydrogens (tertiary/aromatic N) is 6. The number of hydrogen-bond acceptors (Lipinski definition) is 15. The summed E-state index contributed by atoms with van der Waals surface area (Å²) in [5, 5.41) is 39.0. The zero-order chi connectivity index (χ0) is 57.3. The number of primary amides is 4. The predicted octanol–water partition coefficient (Wildman–Crippen LogP) is -0.712. The maximum absolute atomic E-state index is 14.0. The lowest BCUT2D eigenvalue weighted by atomic mass is 10.0. The van der Waals surface area contributed by atoms with Crippen LogP contribution in [0.2, 0.25) is 0 Å². The second-order valence-electron chi connectivity index (χ2n) is 18.7. The number of carbonyl (C=O) groups excluding carboxylic acids is 6. The van der Waals surface area contributed by atoms with Crippen molar-refractivity contribution in [3.05, 3.63) is 93.7 Å². The lowest BCUT2D eigenvalue weighted by Crippen LogP contribution is -2.54.